The van der Waals surface area contributed by atoms with Crippen molar-refractivity contribution in [2.45, 2.75) is 20.0 Å². The molecule has 0 saturated carbocycles. The van der Waals surface area contributed by atoms with E-state index in [4.69, 9.17) is 14.9 Å². The fourth-order valence-electron chi connectivity index (χ4n) is 4.42. The lowest BCUT2D eigenvalue weighted by molar-refractivity contribution is 0.0948. The number of fused-ring (bicyclic) bond motifs is 3. The van der Waals surface area contributed by atoms with E-state index in [0.29, 0.717) is 22.8 Å². The fraction of sp³-hybridized carbons (Fsp3) is 0.143. The number of aryl methyl sites for hydroxylation is 1. The SMILES string of the molecule is Cc1ccc(Cn2c(=N)c(C(=O)NCc3ccc4c(c3)OCO4)cc3c(=O)n4ccccc4nc32)cc1. The summed E-state index contributed by atoms with van der Waals surface area (Å²) in [5, 5.41) is 12.1. The highest BCUT2D eigenvalue weighted by Crippen LogP contribution is 2.32. The van der Waals surface area contributed by atoms with Crippen LogP contribution in [-0.4, -0.2) is 26.7 Å². The molecular weight excluding hydrogens is 470 g/mol. The van der Waals surface area contributed by atoms with Gasteiger partial charge >= 0.3 is 0 Å². The molecule has 2 aromatic carbocycles. The summed E-state index contributed by atoms with van der Waals surface area (Å²) < 4.78 is 13.8. The van der Waals surface area contributed by atoms with Crippen LogP contribution in [0.3, 0.4) is 0 Å². The Morgan fingerprint density at radius 2 is 1.81 bits per heavy atom. The first-order valence-corrected chi connectivity index (χ1v) is 11.8. The van der Waals surface area contributed by atoms with Crippen LogP contribution in [0.1, 0.15) is 27.0 Å². The highest BCUT2D eigenvalue weighted by molar-refractivity contribution is 5.96. The number of rotatable bonds is 5. The predicted octanol–water partition coefficient (Wildman–Crippen LogP) is 3.14. The minimum atomic E-state index is -0.459. The molecule has 9 nitrogen and oxygen atoms in total. The van der Waals surface area contributed by atoms with Crippen LogP contribution in [0.25, 0.3) is 16.7 Å². The summed E-state index contributed by atoms with van der Waals surface area (Å²) in [6.07, 6.45) is 1.64. The molecule has 5 aromatic rings. The second-order valence-electron chi connectivity index (χ2n) is 8.93. The third kappa shape index (κ3) is 4.10. The Kier molecular flexibility index (Phi) is 5.45. The number of nitrogens with one attached hydrogen (secondary N) is 2. The molecular formula is C28H23N5O4. The number of benzene rings is 2. The summed E-state index contributed by atoms with van der Waals surface area (Å²) in [6, 6.07) is 20.1. The molecule has 1 amide bonds. The van der Waals surface area contributed by atoms with Crippen molar-refractivity contribution in [3.05, 3.63) is 111 Å². The highest BCUT2D eigenvalue weighted by Gasteiger charge is 2.19. The van der Waals surface area contributed by atoms with Crippen molar-refractivity contribution in [3.63, 3.8) is 0 Å². The van der Waals surface area contributed by atoms with Gasteiger partial charge in [0.25, 0.3) is 11.5 Å². The minimum Gasteiger partial charge on any atom is -0.454 e. The van der Waals surface area contributed by atoms with Crippen molar-refractivity contribution in [1.29, 1.82) is 5.41 Å². The number of ether oxygens (including phenoxy) is 2. The first kappa shape index (κ1) is 22.5. The maximum absolute atomic E-state index is 13.4. The van der Waals surface area contributed by atoms with E-state index in [-0.39, 0.29) is 41.9 Å². The number of amides is 1. The molecule has 9 heteroatoms. The summed E-state index contributed by atoms with van der Waals surface area (Å²) in [7, 11) is 0. The van der Waals surface area contributed by atoms with E-state index in [9.17, 15) is 9.59 Å². The Balaban J connectivity index is 1.44. The first-order chi connectivity index (χ1) is 18.0. The van der Waals surface area contributed by atoms with Crippen molar-refractivity contribution in [2.75, 3.05) is 6.79 Å². The monoisotopic (exact) mass is 493 g/mol. The minimum absolute atomic E-state index is 0.0246. The number of carbonyl (C=O) groups excluding carboxylic acids is 1. The number of carbonyl (C=O) groups is 1. The predicted molar refractivity (Wildman–Crippen MR) is 137 cm³/mol. The molecule has 3 aromatic heterocycles. The molecule has 0 bridgehead atoms. The van der Waals surface area contributed by atoms with Crippen LogP contribution in [0.4, 0.5) is 0 Å². The number of aromatic nitrogens is 3. The third-order valence-corrected chi connectivity index (χ3v) is 6.41. The lowest BCUT2D eigenvalue weighted by Crippen LogP contribution is -2.35. The topological polar surface area (TPSA) is 111 Å². The van der Waals surface area contributed by atoms with E-state index in [1.165, 1.54) is 10.5 Å². The van der Waals surface area contributed by atoms with Gasteiger partial charge in [-0.05, 0) is 48.4 Å². The van der Waals surface area contributed by atoms with E-state index >= 15 is 0 Å². The molecule has 0 atom stereocenters. The van der Waals surface area contributed by atoms with E-state index in [2.05, 4.69) is 10.3 Å². The summed E-state index contributed by atoms with van der Waals surface area (Å²) in [5.74, 6) is 0.829. The lowest BCUT2D eigenvalue weighted by Gasteiger charge is -2.15. The van der Waals surface area contributed by atoms with Gasteiger partial charge in [-0.25, -0.2) is 4.98 Å². The molecule has 0 saturated heterocycles. The molecule has 1 aliphatic heterocycles. The zero-order valence-corrected chi connectivity index (χ0v) is 20.0. The summed E-state index contributed by atoms with van der Waals surface area (Å²) in [5.41, 5.74) is 3.46. The average molecular weight is 494 g/mol. The maximum atomic E-state index is 13.4. The zero-order chi connectivity index (χ0) is 25.5. The highest BCUT2D eigenvalue weighted by atomic mass is 16.7. The molecule has 0 spiro atoms. The quantitative estimate of drug-likeness (QED) is 0.366. The van der Waals surface area contributed by atoms with Crippen LogP contribution >= 0.6 is 0 Å². The second-order valence-corrected chi connectivity index (χ2v) is 8.93. The Morgan fingerprint density at radius 3 is 2.65 bits per heavy atom. The standard InChI is InChI=1S/C28H23N5O4/c1-17-5-7-18(8-6-17)15-33-25(29)20(13-21-26(33)31-24-4-2-3-11-32(24)28(21)35)27(34)30-14-19-9-10-22-23(12-19)37-16-36-22/h2-13,29H,14-16H2,1H3,(H,30,34). The Labute approximate surface area is 211 Å². The number of pyridine rings is 2. The van der Waals surface area contributed by atoms with Crippen LogP contribution in [0.15, 0.2) is 77.7 Å². The van der Waals surface area contributed by atoms with Gasteiger partial charge in [0, 0.05) is 12.7 Å². The van der Waals surface area contributed by atoms with Crippen molar-refractivity contribution in [3.8, 4) is 11.5 Å². The van der Waals surface area contributed by atoms with Gasteiger partial charge in [-0.3, -0.25) is 19.4 Å². The molecule has 184 valence electrons. The van der Waals surface area contributed by atoms with Crippen molar-refractivity contribution in [1.82, 2.24) is 19.3 Å². The summed E-state index contributed by atoms with van der Waals surface area (Å²) in [4.78, 5) is 31.4. The van der Waals surface area contributed by atoms with E-state index in [1.54, 1.807) is 35.0 Å². The lowest BCUT2D eigenvalue weighted by atomic mass is 10.1. The van der Waals surface area contributed by atoms with Gasteiger partial charge in [0.15, 0.2) is 11.5 Å². The number of hydrogen-bond acceptors (Lipinski definition) is 6. The van der Waals surface area contributed by atoms with Gasteiger partial charge in [0.05, 0.1) is 17.5 Å². The molecule has 0 radical (unpaired) electrons. The largest absolute Gasteiger partial charge is 0.454 e. The van der Waals surface area contributed by atoms with Crippen LogP contribution in [0.2, 0.25) is 0 Å². The van der Waals surface area contributed by atoms with Gasteiger partial charge in [-0.2, -0.15) is 0 Å². The second kappa shape index (κ2) is 8.94. The van der Waals surface area contributed by atoms with Gasteiger partial charge in [0.2, 0.25) is 6.79 Å². The molecule has 1 aliphatic rings. The van der Waals surface area contributed by atoms with Crippen LogP contribution in [-0.2, 0) is 13.1 Å². The normalized spacial score (nSPS) is 12.2. The Bertz CT molecular complexity index is 1810. The van der Waals surface area contributed by atoms with E-state index < -0.39 is 5.91 Å². The maximum Gasteiger partial charge on any atom is 0.267 e. The van der Waals surface area contributed by atoms with E-state index in [1.807, 2.05) is 43.3 Å². The molecule has 0 unspecified atom stereocenters. The van der Waals surface area contributed by atoms with Crippen molar-refractivity contribution in [2.24, 2.45) is 0 Å². The molecule has 37 heavy (non-hydrogen) atoms. The van der Waals surface area contributed by atoms with Crippen LogP contribution in [0.5, 0.6) is 11.5 Å². The molecule has 4 heterocycles. The third-order valence-electron chi connectivity index (χ3n) is 6.41. The van der Waals surface area contributed by atoms with Crippen molar-refractivity contribution < 1.29 is 14.3 Å². The van der Waals surface area contributed by atoms with Crippen molar-refractivity contribution >= 4 is 22.6 Å². The number of hydrogen-bond donors (Lipinski definition) is 2. The first-order valence-electron chi connectivity index (χ1n) is 11.8. The van der Waals surface area contributed by atoms with Gasteiger partial charge in [-0.1, -0.05) is 42.0 Å². The summed E-state index contributed by atoms with van der Waals surface area (Å²) >= 11 is 0. The molecule has 0 aliphatic carbocycles. The molecule has 0 fully saturated rings. The summed E-state index contributed by atoms with van der Waals surface area (Å²) in [6.45, 7) is 2.68. The fourth-order valence-corrected chi connectivity index (χ4v) is 4.42. The molecule has 6 rings (SSSR count). The van der Waals surface area contributed by atoms with Gasteiger partial charge in [0.1, 0.15) is 16.8 Å². The van der Waals surface area contributed by atoms with E-state index in [0.717, 1.165) is 16.7 Å². The number of nitrogens with zero attached hydrogens (tertiary/aromatic N) is 3. The smallest absolute Gasteiger partial charge is 0.267 e. The van der Waals surface area contributed by atoms with Crippen LogP contribution < -0.4 is 25.8 Å². The van der Waals surface area contributed by atoms with Crippen LogP contribution in [0, 0.1) is 12.3 Å². The molecule has 2 N–H and O–H groups in total. The zero-order valence-electron chi connectivity index (χ0n) is 20.0. The Morgan fingerprint density at radius 1 is 1.03 bits per heavy atom. The van der Waals surface area contributed by atoms with Gasteiger partial charge < -0.3 is 19.4 Å². The van der Waals surface area contributed by atoms with Gasteiger partial charge in [-0.15, -0.1) is 0 Å². The Hall–Kier alpha value is -4.92. The average Bonchev–Trinajstić information content (AvgIpc) is 3.38.